The number of piperidine rings is 1. The summed E-state index contributed by atoms with van der Waals surface area (Å²) in [4.78, 5) is 19.0. The summed E-state index contributed by atoms with van der Waals surface area (Å²) in [5, 5.41) is 14.6. The largest absolute Gasteiger partial charge is 0.479 e. The molecule has 0 radical (unpaired) electrons. The van der Waals surface area contributed by atoms with Gasteiger partial charge < -0.3 is 5.11 Å². The zero-order valence-electron chi connectivity index (χ0n) is 16.1. The predicted octanol–water partition coefficient (Wildman–Crippen LogP) is 2.96. The number of hydrogen-bond donors (Lipinski definition) is 1. The summed E-state index contributed by atoms with van der Waals surface area (Å²) in [6, 6.07) is 7.96. The van der Waals surface area contributed by atoms with Crippen LogP contribution in [0.2, 0.25) is 0 Å². The number of pyridine rings is 1. The molecule has 140 valence electrons. The highest BCUT2D eigenvalue weighted by atomic mass is 16.4. The molecule has 3 rings (SSSR count). The van der Waals surface area contributed by atoms with Gasteiger partial charge in [0.2, 0.25) is 0 Å². The molecule has 26 heavy (non-hydrogen) atoms. The van der Waals surface area contributed by atoms with Crippen molar-refractivity contribution in [2.45, 2.75) is 58.0 Å². The van der Waals surface area contributed by atoms with Crippen LogP contribution in [0.4, 0.5) is 0 Å². The molecule has 1 aliphatic rings. The molecular formula is C20H28N4O2. The van der Waals surface area contributed by atoms with Gasteiger partial charge in [-0.3, -0.25) is 14.6 Å². The molecule has 0 bridgehead atoms. The van der Waals surface area contributed by atoms with Crippen molar-refractivity contribution in [3.63, 3.8) is 0 Å². The average Bonchev–Trinajstić information content (AvgIpc) is 3.06. The van der Waals surface area contributed by atoms with Gasteiger partial charge in [0.25, 0.3) is 0 Å². The van der Waals surface area contributed by atoms with E-state index in [0.29, 0.717) is 25.9 Å². The molecule has 0 aromatic carbocycles. The van der Waals surface area contributed by atoms with Crippen LogP contribution < -0.4 is 0 Å². The van der Waals surface area contributed by atoms with E-state index in [4.69, 9.17) is 0 Å². The van der Waals surface area contributed by atoms with Crippen molar-refractivity contribution in [3.8, 4) is 0 Å². The number of carboxylic acid groups (broad SMARTS) is 1. The third kappa shape index (κ3) is 3.65. The number of nitrogens with zero attached hydrogens (tertiary/aromatic N) is 4. The third-order valence-corrected chi connectivity index (χ3v) is 5.21. The van der Waals surface area contributed by atoms with E-state index >= 15 is 0 Å². The smallest absolute Gasteiger partial charge is 0.331 e. The van der Waals surface area contributed by atoms with Crippen molar-refractivity contribution in [1.29, 1.82) is 0 Å². The van der Waals surface area contributed by atoms with Gasteiger partial charge in [0.1, 0.15) is 0 Å². The first-order chi connectivity index (χ1) is 12.2. The molecule has 2 aromatic heterocycles. The molecule has 3 heterocycles. The summed E-state index contributed by atoms with van der Waals surface area (Å²) in [7, 11) is 0. The van der Waals surface area contributed by atoms with Crippen LogP contribution >= 0.6 is 0 Å². The lowest BCUT2D eigenvalue weighted by atomic mass is 9.87. The van der Waals surface area contributed by atoms with Crippen LogP contribution in [0.5, 0.6) is 0 Å². The molecule has 1 N–H and O–H groups in total. The number of hydrogen-bond acceptors (Lipinski definition) is 4. The van der Waals surface area contributed by atoms with Crippen LogP contribution in [0.15, 0.2) is 30.5 Å². The summed E-state index contributed by atoms with van der Waals surface area (Å²) in [5.74, 6) is -0.797. The molecule has 0 aliphatic carbocycles. The normalized spacial score (nSPS) is 18.0. The lowest BCUT2D eigenvalue weighted by Crippen LogP contribution is -2.51. The SMILES string of the molecule is Cc1cccc(CN2CCC(C(=O)O)(n3ccc(C(C)(C)C)n3)CC2)n1. The Balaban J connectivity index is 1.75. The molecular weight excluding hydrogens is 328 g/mol. The molecule has 0 saturated carbocycles. The molecule has 6 heteroatoms. The van der Waals surface area contributed by atoms with Gasteiger partial charge in [-0.15, -0.1) is 0 Å². The molecule has 0 spiro atoms. The maximum atomic E-state index is 12.2. The van der Waals surface area contributed by atoms with Crippen LogP contribution in [-0.2, 0) is 22.3 Å². The van der Waals surface area contributed by atoms with Crippen molar-refractivity contribution in [2.75, 3.05) is 13.1 Å². The minimum atomic E-state index is -0.958. The van der Waals surface area contributed by atoms with Crippen molar-refractivity contribution >= 4 is 5.97 Å². The Kier molecular flexibility index (Phi) is 4.88. The number of carboxylic acids is 1. The number of likely N-dealkylation sites (tertiary alicyclic amines) is 1. The molecule has 0 amide bonds. The lowest BCUT2D eigenvalue weighted by molar-refractivity contribution is -0.151. The topological polar surface area (TPSA) is 71.2 Å². The first kappa shape index (κ1) is 18.6. The van der Waals surface area contributed by atoms with Crippen molar-refractivity contribution in [2.24, 2.45) is 0 Å². The molecule has 1 fully saturated rings. The fourth-order valence-electron chi connectivity index (χ4n) is 3.50. The average molecular weight is 356 g/mol. The van der Waals surface area contributed by atoms with E-state index in [2.05, 4.69) is 35.8 Å². The highest BCUT2D eigenvalue weighted by Gasteiger charge is 2.44. The van der Waals surface area contributed by atoms with E-state index in [1.807, 2.05) is 37.4 Å². The monoisotopic (exact) mass is 356 g/mol. The highest BCUT2D eigenvalue weighted by Crippen LogP contribution is 2.32. The molecule has 2 aromatic rings. The van der Waals surface area contributed by atoms with E-state index in [0.717, 1.165) is 23.6 Å². The second-order valence-corrected chi connectivity index (χ2v) is 8.28. The minimum absolute atomic E-state index is 0.0948. The van der Waals surface area contributed by atoms with Crippen LogP contribution in [0, 0.1) is 6.92 Å². The summed E-state index contributed by atoms with van der Waals surface area (Å²) in [5.41, 5.74) is 1.90. The fourth-order valence-corrected chi connectivity index (χ4v) is 3.50. The Bertz CT molecular complexity index is 783. The molecule has 1 aliphatic heterocycles. The van der Waals surface area contributed by atoms with Crippen LogP contribution in [0.3, 0.4) is 0 Å². The maximum absolute atomic E-state index is 12.2. The Labute approximate surface area is 154 Å². The molecule has 6 nitrogen and oxygen atoms in total. The van der Waals surface area contributed by atoms with Gasteiger partial charge in [-0.25, -0.2) is 4.79 Å². The van der Waals surface area contributed by atoms with Crippen molar-refractivity contribution < 1.29 is 9.90 Å². The number of aliphatic carboxylic acids is 1. The van der Waals surface area contributed by atoms with E-state index in [-0.39, 0.29) is 5.41 Å². The predicted molar refractivity (Wildman–Crippen MR) is 100 cm³/mol. The second kappa shape index (κ2) is 6.83. The van der Waals surface area contributed by atoms with E-state index in [1.165, 1.54) is 0 Å². The number of rotatable bonds is 4. The Hall–Kier alpha value is -2.21. The second-order valence-electron chi connectivity index (χ2n) is 8.28. The summed E-state index contributed by atoms with van der Waals surface area (Å²) in [6.07, 6.45) is 2.91. The van der Waals surface area contributed by atoms with Gasteiger partial charge in [0, 0.05) is 36.9 Å². The maximum Gasteiger partial charge on any atom is 0.331 e. The highest BCUT2D eigenvalue weighted by molar-refractivity contribution is 5.76. The van der Waals surface area contributed by atoms with E-state index < -0.39 is 11.5 Å². The van der Waals surface area contributed by atoms with Gasteiger partial charge in [-0.1, -0.05) is 26.8 Å². The van der Waals surface area contributed by atoms with E-state index in [1.54, 1.807) is 4.68 Å². The minimum Gasteiger partial charge on any atom is -0.479 e. The van der Waals surface area contributed by atoms with Gasteiger partial charge in [-0.2, -0.15) is 5.10 Å². The number of aryl methyl sites for hydroxylation is 1. The number of carbonyl (C=O) groups is 1. The quantitative estimate of drug-likeness (QED) is 0.912. The van der Waals surface area contributed by atoms with Gasteiger partial charge in [0.05, 0.1) is 11.4 Å². The third-order valence-electron chi connectivity index (χ3n) is 5.21. The van der Waals surface area contributed by atoms with Crippen molar-refractivity contribution in [3.05, 3.63) is 47.5 Å². The molecule has 0 atom stereocenters. The lowest BCUT2D eigenvalue weighted by Gasteiger charge is -2.39. The molecule has 0 unspecified atom stereocenters. The first-order valence-electron chi connectivity index (χ1n) is 9.16. The first-order valence-corrected chi connectivity index (χ1v) is 9.16. The number of aromatic nitrogens is 3. The van der Waals surface area contributed by atoms with Gasteiger partial charge in [-0.05, 0) is 38.0 Å². The van der Waals surface area contributed by atoms with Crippen LogP contribution in [0.25, 0.3) is 0 Å². The molecule has 1 saturated heterocycles. The van der Waals surface area contributed by atoms with Crippen LogP contribution in [-0.4, -0.2) is 43.8 Å². The van der Waals surface area contributed by atoms with Gasteiger partial charge >= 0.3 is 5.97 Å². The Morgan fingerprint density at radius 2 is 1.92 bits per heavy atom. The summed E-state index contributed by atoms with van der Waals surface area (Å²) < 4.78 is 1.68. The summed E-state index contributed by atoms with van der Waals surface area (Å²) in [6.45, 7) is 10.4. The summed E-state index contributed by atoms with van der Waals surface area (Å²) >= 11 is 0. The zero-order chi connectivity index (χ0) is 18.9. The van der Waals surface area contributed by atoms with Crippen LogP contribution in [0.1, 0.15) is 50.7 Å². The Morgan fingerprint density at radius 1 is 1.23 bits per heavy atom. The fraction of sp³-hybridized carbons (Fsp3) is 0.550. The van der Waals surface area contributed by atoms with Gasteiger partial charge in [0.15, 0.2) is 5.54 Å². The zero-order valence-corrected chi connectivity index (χ0v) is 16.1. The Morgan fingerprint density at radius 3 is 2.46 bits per heavy atom. The van der Waals surface area contributed by atoms with Crippen molar-refractivity contribution in [1.82, 2.24) is 19.7 Å². The standard InChI is InChI=1S/C20H28N4O2/c1-15-6-5-7-16(21-15)14-23-12-9-20(10-13-23,18(25)26)24-11-8-17(22-24)19(2,3)4/h5-8,11H,9-10,12-14H2,1-4H3,(H,25,26). The van der Waals surface area contributed by atoms with E-state index in [9.17, 15) is 9.90 Å².